The van der Waals surface area contributed by atoms with Gasteiger partial charge in [0, 0.05) is 23.6 Å². The first-order valence-electron chi connectivity index (χ1n) is 6.91. The summed E-state index contributed by atoms with van der Waals surface area (Å²) < 4.78 is 5.99. The Bertz CT molecular complexity index is 491. The van der Waals surface area contributed by atoms with Crippen LogP contribution in [0.15, 0.2) is 22.7 Å². The van der Waals surface area contributed by atoms with Crippen LogP contribution >= 0.6 is 15.9 Å². The molecule has 5 heteroatoms. The highest BCUT2D eigenvalue weighted by Gasteiger charge is 2.27. The van der Waals surface area contributed by atoms with Crippen LogP contribution in [0.4, 0.5) is 0 Å². The lowest BCUT2D eigenvalue weighted by Crippen LogP contribution is -2.45. The smallest absolute Gasteiger partial charge is 0.255 e. The van der Waals surface area contributed by atoms with Crippen molar-refractivity contribution < 1.29 is 9.53 Å². The number of rotatable bonds is 3. The number of halogens is 1. The molecule has 0 radical (unpaired) electrons. The third-order valence-electron chi connectivity index (χ3n) is 3.89. The molecule has 4 nitrogen and oxygen atoms in total. The maximum atomic E-state index is 12.7. The molecule has 2 rings (SSSR count). The number of hydrogen-bond donors (Lipinski definition) is 1. The number of methoxy groups -OCH3 is 1. The number of carbonyl (C=O) groups excluding carboxylic acids is 1. The lowest BCUT2D eigenvalue weighted by Gasteiger charge is -2.34. The van der Waals surface area contributed by atoms with E-state index in [2.05, 4.69) is 15.9 Å². The van der Waals surface area contributed by atoms with Crippen molar-refractivity contribution >= 4 is 21.8 Å². The summed E-state index contributed by atoms with van der Waals surface area (Å²) in [5.41, 5.74) is 6.62. The van der Waals surface area contributed by atoms with E-state index in [1.165, 1.54) is 0 Å². The zero-order valence-corrected chi connectivity index (χ0v) is 13.5. The van der Waals surface area contributed by atoms with Crippen LogP contribution < -0.4 is 10.5 Å². The monoisotopic (exact) mass is 340 g/mol. The van der Waals surface area contributed by atoms with Gasteiger partial charge in [0.05, 0.1) is 12.7 Å². The van der Waals surface area contributed by atoms with Gasteiger partial charge in [-0.2, -0.15) is 0 Å². The first kappa shape index (κ1) is 15.3. The van der Waals surface area contributed by atoms with Crippen LogP contribution in [-0.2, 0) is 0 Å². The van der Waals surface area contributed by atoms with Crippen LogP contribution in [0.3, 0.4) is 0 Å². The second-order valence-corrected chi connectivity index (χ2v) is 6.21. The maximum absolute atomic E-state index is 12.7. The van der Waals surface area contributed by atoms with Crippen molar-refractivity contribution in [3.63, 3.8) is 0 Å². The van der Waals surface area contributed by atoms with Gasteiger partial charge in [0.2, 0.25) is 0 Å². The fraction of sp³-hybridized carbons (Fsp3) is 0.533. The Morgan fingerprint density at radius 3 is 2.95 bits per heavy atom. The molecule has 1 heterocycles. The number of hydrogen-bond acceptors (Lipinski definition) is 3. The summed E-state index contributed by atoms with van der Waals surface area (Å²) >= 11 is 3.44. The van der Waals surface area contributed by atoms with E-state index in [9.17, 15) is 4.79 Å². The molecule has 0 bridgehead atoms. The van der Waals surface area contributed by atoms with E-state index < -0.39 is 0 Å². The van der Waals surface area contributed by atoms with Crippen LogP contribution in [-0.4, -0.2) is 37.0 Å². The summed E-state index contributed by atoms with van der Waals surface area (Å²) in [5.74, 6) is 1.12. The van der Waals surface area contributed by atoms with Gasteiger partial charge in [-0.25, -0.2) is 0 Å². The van der Waals surface area contributed by atoms with E-state index in [1.807, 2.05) is 24.0 Å². The normalized spacial score (nSPS) is 20.6. The molecule has 2 atom stereocenters. The van der Waals surface area contributed by atoms with Crippen molar-refractivity contribution in [3.05, 3.63) is 28.2 Å². The van der Waals surface area contributed by atoms with Crippen molar-refractivity contribution in [2.24, 2.45) is 11.7 Å². The highest BCUT2D eigenvalue weighted by molar-refractivity contribution is 9.10. The van der Waals surface area contributed by atoms with Gasteiger partial charge in [0.15, 0.2) is 0 Å². The zero-order valence-electron chi connectivity index (χ0n) is 11.9. The summed E-state index contributed by atoms with van der Waals surface area (Å²) in [4.78, 5) is 14.6. The summed E-state index contributed by atoms with van der Waals surface area (Å²) in [6.45, 7) is 3.55. The van der Waals surface area contributed by atoms with Crippen LogP contribution in [0.2, 0.25) is 0 Å². The standard InChI is InChI=1S/C15H21BrN2O2/c1-10(17)11-4-3-7-18(9-11)15(19)13-8-12(20-2)5-6-14(13)16/h5-6,8,10-11H,3-4,7,9,17H2,1-2H3/t10-,11-/m0/s1. The van der Waals surface area contributed by atoms with E-state index in [1.54, 1.807) is 13.2 Å². The third-order valence-corrected chi connectivity index (χ3v) is 4.58. The van der Waals surface area contributed by atoms with E-state index >= 15 is 0 Å². The predicted molar refractivity (Wildman–Crippen MR) is 83.0 cm³/mol. The topological polar surface area (TPSA) is 55.6 Å². The van der Waals surface area contributed by atoms with E-state index in [-0.39, 0.29) is 11.9 Å². The predicted octanol–water partition coefficient (Wildman–Crippen LogP) is 2.66. The molecule has 1 amide bonds. The number of carbonyl (C=O) groups is 1. The van der Waals surface area contributed by atoms with Gasteiger partial charge < -0.3 is 15.4 Å². The molecule has 0 aromatic heterocycles. The second kappa shape index (κ2) is 6.59. The molecule has 1 aliphatic heterocycles. The van der Waals surface area contributed by atoms with Crippen LogP contribution in [0.25, 0.3) is 0 Å². The number of amides is 1. The zero-order chi connectivity index (χ0) is 14.7. The quantitative estimate of drug-likeness (QED) is 0.920. The van der Waals surface area contributed by atoms with Gasteiger partial charge in [-0.15, -0.1) is 0 Å². The molecular formula is C15H21BrN2O2. The Kier molecular flexibility index (Phi) is 5.05. The lowest BCUT2D eigenvalue weighted by atomic mass is 9.92. The number of nitrogens with two attached hydrogens (primary N) is 1. The van der Waals surface area contributed by atoms with Gasteiger partial charge in [-0.3, -0.25) is 4.79 Å². The Hall–Kier alpha value is -1.07. The minimum Gasteiger partial charge on any atom is -0.497 e. The Morgan fingerprint density at radius 1 is 1.55 bits per heavy atom. The molecule has 0 spiro atoms. The molecule has 1 fully saturated rings. The molecule has 1 aromatic carbocycles. The number of ether oxygens (including phenoxy) is 1. The maximum Gasteiger partial charge on any atom is 0.255 e. The fourth-order valence-electron chi connectivity index (χ4n) is 2.59. The van der Waals surface area contributed by atoms with Gasteiger partial charge in [0.1, 0.15) is 5.75 Å². The Balaban J connectivity index is 2.18. The van der Waals surface area contributed by atoms with E-state index in [4.69, 9.17) is 10.5 Å². The molecule has 20 heavy (non-hydrogen) atoms. The van der Waals surface area contributed by atoms with Crippen molar-refractivity contribution in [2.45, 2.75) is 25.8 Å². The number of nitrogens with zero attached hydrogens (tertiary/aromatic N) is 1. The first-order chi connectivity index (χ1) is 9.52. The molecule has 0 unspecified atom stereocenters. The fourth-order valence-corrected chi connectivity index (χ4v) is 3.01. The summed E-state index contributed by atoms with van der Waals surface area (Å²) in [5, 5.41) is 0. The minimum atomic E-state index is 0.0427. The van der Waals surface area contributed by atoms with Crippen molar-refractivity contribution in [3.8, 4) is 5.75 Å². The van der Waals surface area contributed by atoms with E-state index in [0.717, 1.165) is 30.4 Å². The van der Waals surface area contributed by atoms with Crippen molar-refractivity contribution in [2.75, 3.05) is 20.2 Å². The number of likely N-dealkylation sites (tertiary alicyclic amines) is 1. The number of piperidine rings is 1. The average molecular weight is 341 g/mol. The minimum absolute atomic E-state index is 0.0427. The summed E-state index contributed by atoms with van der Waals surface area (Å²) in [6.07, 6.45) is 2.11. The molecule has 110 valence electrons. The first-order valence-corrected chi connectivity index (χ1v) is 7.70. The molecule has 1 aromatic rings. The highest BCUT2D eigenvalue weighted by Crippen LogP contribution is 2.26. The molecule has 1 saturated heterocycles. The molecule has 2 N–H and O–H groups in total. The number of benzene rings is 1. The SMILES string of the molecule is COc1ccc(Br)c(C(=O)N2CCC[C@H]([C@H](C)N)C2)c1. The van der Waals surface area contributed by atoms with Crippen molar-refractivity contribution in [1.29, 1.82) is 0 Å². The lowest BCUT2D eigenvalue weighted by molar-refractivity contribution is 0.0659. The largest absolute Gasteiger partial charge is 0.497 e. The highest BCUT2D eigenvalue weighted by atomic mass is 79.9. The molecular weight excluding hydrogens is 320 g/mol. The summed E-state index contributed by atoms with van der Waals surface area (Å²) in [7, 11) is 1.60. The molecule has 0 aliphatic carbocycles. The van der Waals surface area contributed by atoms with Gasteiger partial charge in [0.25, 0.3) is 5.91 Å². The van der Waals surface area contributed by atoms with Gasteiger partial charge >= 0.3 is 0 Å². The van der Waals surface area contributed by atoms with Gasteiger partial charge in [-0.05, 0) is 59.8 Å². The van der Waals surface area contributed by atoms with Crippen LogP contribution in [0, 0.1) is 5.92 Å². The van der Waals surface area contributed by atoms with Crippen LogP contribution in [0.1, 0.15) is 30.1 Å². The molecule has 1 aliphatic rings. The van der Waals surface area contributed by atoms with Crippen molar-refractivity contribution in [1.82, 2.24) is 4.90 Å². The summed E-state index contributed by atoms with van der Waals surface area (Å²) in [6, 6.07) is 5.59. The third kappa shape index (κ3) is 3.33. The second-order valence-electron chi connectivity index (χ2n) is 5.36. The van der Waals surface area contributed by atoms with Crippen LogP contribution in [0.5, 0.6) is 5.75 Å². The van der Waals surface area contributed by atoms with Gasteiger partial charge in [-0.1, -0.05) is 0 Å². The molecule has 0 saturated carbocycles. The average Bonchev–Trinajstić information content (AvgIpc) is 2.47. The Labute approximate surface area is 128 Å². The Morgan fingerprint density at radius 2 is 2.30 bits per heavy atom. The van der Waals surface area contributed by atoms with E-state index in [0.29, 0.717) is 17.2 Å².